The summed E-state index contributed by atoms with van der Waals surface area (Å²) in [4.78, 5) is 1.39. The van der Waals surface area contributed by atoms with E-state index in [1.165, 1.54) is 4.88 Å². The van der Waals surface area contributed by atoms with Gasteiger partial charge in [0.05, 0.1) is 5.60 Å². The van der Waals surface area contributed by atoms with Crippen LogP contribution >= 0.6 is 11.3 Å². The van der Waals surface area contributed by atoms with Crippen molar-refractivity contribution in [1.82, 2.24) is 5.32 Å². The van der Waals surface area contributed by atoms with Gasteiger partial charge in [0, 0.05) is 24.1 Å². The lowest BCUT2D eigenvalue weighted by atomic mass is 9.99. The van der Waals surface area contributed by atoms with E-state index in [1.54, 1.807) is 18.4 Å². The van der Waals surface area contributed by atoms with E-state index < -0.39 is 0 Å². The maximum atomic E-state index is 5.44. The molecule has 0 aliphatic heterocycles. The Balaban J connectivity index is 2.43. The molecule has 1 rings (SSSR count). The average molecular weight is 241 g/mol. The van der Waals surface area contributed by atoms with Crippen molar-refractivity contribution in [1.29, 1.82) is 0 Å². The fourth-order valence-corrected chi connectivity index (χ4v) is 2.67. The molecule has 1 aromatic rings. The molecule has 0 bridgehead atoms. The van der Waals surface area contributed by atoms with Crippen molar-refractivity contribution < 1.29 is 4.74 Å². The second-order valence-corrected chi connectivity index (χ2v) is 5.95. The number of hydrogen-bond acceptors (Lipinski definition) is 3. The van der Waals surface area contributed by atoms with E-state index in [0.29, 0.717) is 12.1 Å². The molecular weight excluding hydrogens is 218 g/mol. The normalized spacial score (nSPS) is 16.1. The maximum absolute atomic E-state index is 5.44. The molecule has 0 spiro atoms. The molecule has 0 saturated heterocycles. The van der Waals surface area contributed by atoms with E-state index in [4.69, 9.17) is 4.74 Å². The molecule has 2 unspecified atom stereocenters. The van der Waals surface area contributed by atoms with E-state index in [2.05, 4.69) is 50.5 Å². The van der Waals surface area contributed by atoms with Crippen molar-refractivity contribution in [3.05, 3.63) is 22.4 Å². The number of rotatable bonds is 6. The van der Waals surface area contributed by atoms with E-state index >= 15 is 0 Å². The van der Waals surface area contributed by atoms with Gasteiger partial charge in [-0.15, -0.1) is 11.3 Å². The van der Waals surface area contributed by atoms with Crippen LogP contribution in [0.4, 0.5) is 0 Å². The minimum Gasteiger partial charge on any atom is -0.379 e. The Morgan fingerprint density at radius 1 is 1.44 bits per heavy atom. The molecule has 1 aromatic heterocycles. The third-order valence-electron chi connectivity index (χ3n) is 2.85. The molecule has 0 fully saturated rings. The van der Waals surface area contributed by atoms with Crippen LogP contribution in [0.25, 0.3) is 0 Å². The second kappa shape index (κ2) is 5.80. The van der Waals surface area contributed by atoms with Crippen LogP contribution in [0.5, 0.6) is 0 Å². The molecule has 16 heavy (non-hydrogen) atoms. The van der Waals surface area contributed by atoms with Crippen LogP contribution in [0.15, 0.2) is 17.5 Å². The standard InChI is InChI=1S/C13H23NOS/c1-10(9-13(3,4)15-5)14-11(2)12-7-6-8-16-12/h6-8,10-11,14H,9H2,1-5H3. The van der Waals surface area contributed by atoms with Crippen LogP contribution in [-0.2, 0) is 4.74 Å². The zero-order valence-corrected chi connectivity index (χ0v) is 11.7. The molecular formula is C13H23NOS. The first-order valence-corrected chi connectivity index (χ1v) is 6.67. The van der Waals surface area contributed by atoms with Gasteiger partial charge in [0.25, 0.3) is 0 Å². The summed E-state index contributed by atoms with van der Waals surface area (Å²) in [5, 5.41) is 5.73. The van der Waals surface area contributed by atoms with Crippen molar-refractivity contribution in [3.8, 4) is 0 Å². The van der Waals surface area contributed by atoms with Crippen molar-refractivity contribution in [2.24, 2.45) is 0 Å². The first-order chi connectivity index (χ1) is 7.44. The fraction of sp³-hybridized carbons (Fsp3) is 0.692. The molecule has 1 N–H and O–H groups in total. The Morgan fingerprint density at radius 3 is 2.62 bits per heavy atom. The highest BCUT2D eigenvalue weighted by Crippen LogP contribution is 2.21. The van der Waals surface area contributed by atoms with Crippen LogP contribution in [0, 0.1) is 0 Å². The minimum absolute atomic E-state index is 0.0540. The molecule has 0 aliphatic rings. The first-order valence-electron chi connectivity index (χ1n) is 5.79. The van der Waals surface area contributed by atoms with Crippen molar-refractivity contribution >= 4 is 11.3 Å². The highest BCUT2D eigenvalue weighted by Gasteiger charge is 2.21. The Labute approximate surface area is 103 Å². The number of nitrogens with one attached hydrogen (secondary N) is 1. The smallest absolute Gasteiger partial charge is 0.0637 e. The lowest BCUT2D eigenvalue weighted by molar-refractivity contribution is 0.00785. The SMILES string of the molecule is COC(C)(C)CC(C)NC(C)c1cccs1. The van der Waals surface area contributed by atoms with Crippen LogP contribution in [0.1, 0.15) is 45.0 Å². The monoisotopic (exact) mass is 241 g/mol. The van der Waals surface area contributed by atoms with Crippen LogP contribution in [0.2, 0.25) is 0 Å². The molecule has 0 aromatic carbocycles. The Morgan fingerprint density at radius 2 is 2.12 bits per heavy atom. The second-order valence-electron chi connectivity index (χ2n) is 4.97. The van der Waals surface area contributed by atoms with Crippen molar-refractivity contribution in [2.75, 3.05) is 7.11 Å². The summed E-state index contributed by atoms with van der Waals surface area (Å²) in [5.74, 6) is 0. The van der Waals surface area contributed by atoms with Gasteiger partial charge in [0.15, 0.2) is 0 Å². The van der Waals surface area contributed by atoms with Crippen LogP contribution in [-0.4, -0.2) is 18.8 Å². The van der Waals surface area contributed by atoms with Crippen molar-refractivity contribution in [2.45, 2.75) is 51.8 Å². The maximum Gasteiger partial charge on any atom is 0.0637 e. The number of ether oxygens (including phenoxy) is 1. The predicted octanol–water partition coefficient (Wildman–Crippen LogP) is 3.60. The lowest BCUT2D eigenvalue weighted by Crippen LogP contribution is -2.36. The molecule has 0 amide bonds. The molecule has 0 saturated carbocycles. The summed E-state index contributed by atoms with van der Waals surface area (Å²) in [5.41, 5.74) is -0.0540. The van der Waals surface area contributed by atoms with E-state index in [9.17, 15) is 0 Å². The summed E-state index contributed by atoms with van der Waals surface area (Å²) in [6.45, 7) is 8.68. The largest absolute Gasteiger partial charge is 0.379 e. The minimum atomic E-state index is -0.0540. The van der Waals surface area contributed by atoms with Gasteiger partial charge in [-0.05, 0) is 45.6 Å². The van der Waals surface area contributed by atoms with Crippen LogP contribution in [0.3, 0.4) is 0 Å². The first kappa shape index (κ1) is 13.7. The van der Waals surface area contributed by atoms with Crippen LogP contribution < -0.4 is 5.32 Å². The molecule has 0 aliphatic carbocycles. The summed E-state index contributed by atoms with van der Waals surface area (Å²) in [6.07, 6.45) is 1.01. The Kier molecular flexibility index (Phi) is 4.96. The zero-order valence-electron chi connectivity index (χ0n) is 10.9. The van der Waals surface area contributed by atoms with Gasteiger partial charge in [0.2, 0.25) is 0 Å². The molecule has 2 nitrogen and oxygen atoms in total. The third kappa shape index (κ3) is 4.24. The number of methoxy groups -OCH3 is 1. The van der Waals surface area contributed by atoms with Gasteiger partial charge >= 0.3 is 0 Å². The topological polar surface area (TPSA) is 21.3 Å². The van der Waals surface area contributed by atoms with Gasteiger partial charge in [-0.2, -0.15) is 0 Å². The Bertz CT molecular complexity index is 295. The van der Waals surface area contributed by atoms with Gasteiger partial charge < -0.3 is 10.1 Å². The van der Waals surface area contributed by atoms with E-state index in [-0.39, 0.29) is 5.60 Å². The summed E-state index contributed by atoms with van der Waals surface area (Å²) in [6, 6.07) is 5.15. The summed E-state index contributed by atoms with van der Waals surface area (Å²) in [7, 11) is 1.77. The molecule has 3 heteroatoms. The van der Waals surface area contributed by atoms with Gasteiger partial charge in [-0.3, -0.25) is 0 Å². The number of thiophene rings is 1. The molecule has 0 radical (unpaired) electrons. The zero-order chi connectivity index (χ0) is 12.2. The molecule has 1 heterocycles. The molecule has 92 valence electrons. The summed E-state index contributed by atoms with van der Waals surface area (Å²) < 4.78 is 5.44. The van der Waals surface area contributed by atoms with Gasteiger partial charge in [0.1, 0.15) is 0 Å². The van der Waals surface area contributed by atoms with Crippen molar-refractivity contribution in [3.63, 3.8) is 0 Å². The average Bonchev–Trinajstić information content (AvgIpc) is 2.69. The highest BCUT2D eigenvalue weighted by molar-refractivity contribution is 7.10. The fourth-order valence-electron chi connectivity index (χ4n) is 1.93. The Hall–Kier alpha value is -0.380. The molecule has 2 atom stereocenters. The predicted molar refractivity (Wildman–Crippen MR) is 71.0 cm³/mol. The number of hydrogen-bond donors (Lipinski definition) is 1. The highest BCUT2D eigenvalue weighted by atomic mass is 32.1. The lowest BCUT2D eigenvalue weighted by Gasteiger charge is -2.28. The van der Waals surface area contributed by atoms with Gasteiger partial charge in [-0.1, -0.05) is 6.07 Å². The summed E-state index contributed by atoms with van der Waals surface area (Å²) >= 11 is 1.80. The quantitative estimate of drug-likeness (QED) is 0.821. The van der Waals surface area contributed by atoms with E-state index in [0.717, 1.165) is 6.42 Å². The van der Waals surface area contributed by atoms with E-state index in [1.807, 2.05) is 0 Å². The van der Waals surface area contributed by atoms with Gasteiger partial charge in [-0.25, -0.2) is 0 Å². The third-order valence-corrected chi connectivity index (χ3v) is 3.91.